The zero-order chi connectivity index (χ0) is 15.1. The zero-order valence-corrected chi connectivity index (χ0v) is 14.2. The van der Waals surface area contributed by atoms with Gasteiger partial charge in [-0.3, -0.25) is 0 Å². The first-order valence-electron chi connectivity index (χ1n) is 7.28. The second-order valence-corrected chi connectivity index (χ2v) is 6.18. The lowest BCUT2D eigenvalue weighted by Gasteiger charge is -2.18. The van der Waals surface area contributed by atoms with Gasteiger partial charge in [0.2, 0.25) is 0 Å². The van der Waals surface area contributed by atoms with E-state index in [4.69, 9.17) is 4.74 Å². The predicted molar refractivity (Wildman–Crippen MR) is 92.1 cm³/mol. The van der Waals surface area contributed by atoms with Crippen LogP contribution in [0.2, 0.25) is 0 Å². The quantitative estimate of drug-likeness (QED) is 0.794. The Bertz CT molecular complexity index is 553. The highest BCUT2D eigenvalue weighted by molar-refractivity contribution is 9.10. The van der Waals surface area contributed by atoms with Gasteiger partial charge in [-0.25, -0.2) is 0 Å². The maximum Gasteiger partial charge on any atom is 0.119 e. The fourth-order valence-corrected chi connectivity index (χ4v) is 2.67. The van der Waals surface area contributed by atoms with E-state index in [-0.39, 0.29) is 0 Å². The Balaban J connectivity index is 1.92. The Morgan fingerprint density at radius 2 is 1.90 bits per heavy atom. The molecule has 0 spiro atoms. The van der Waals surface area contributed by atoms with Crippen molar-refractivity contribution in [2.45, 2.75) is 19.3 Å². The minimum absolute atomic E-state index is 0.477. The second-order valence-electron chi connectivity index (χ2n) is 5.26. The molecule has 2 rings (SSSR count). The van der Waals surface area contributed by atoms with Crippen LogP contribution in [0.1, 0.15) is 23.5 Å². The molecule has 0 aliphatic rings. The van der Waals surface area contributed by atoms with Gasteiger partial charge < -0.3 is 10.1 Å². The second kappa shape index (κ2) is 8.20. The Morgan fingerprint density at radius 3 is 2.57 bits per heavy atom. The van der Waals surface area contributed by atoms with Crippen LogP contribution in [0.15, 0.2) is 53.0 Å². The normalized spacial score (nSPS) is 12.1. The highest BCUT2D eigenvalue weighted by Gasteiger charge is 2.11. The zero-order valence-electron chi connectivity index (χ0n) is 12.6. The minimum Gasteiger partial charge on any atom is -0.494 e. The summed E-state index contributed by atoms with van der Waals surface area (Å²) in [7, 11) is 2.00. The van der Waals surface area contributed by atoms with E-state index >= 15 is 0 Å². The molecule has 0 aliphatic heterocycles. The van der Waals surface area contributed by atoms with Crippen LogP contribution in [0.25, 0.3) is 0 Å². The van der Waals surface area contributed by atoms with Crippen molar-refractivity contribution in [3.8, 4) is 5.75 Å². The first-order valence-corrected chi connectivity index (χ1v) is 8.08. The molecule has 2 aromatic carbocycles. The first kappa shape index (κ1) is 16.1. The summed E-state index contributed by atoms with van der Waals surface area (Å²) in [5.41, 5.74) is 2.69. The van der Waals surface area contributed by atoms with Crippen LogP contribution < -0.4 is 10.1 Å². The van der Waals surface area contributed by atoms with Gasteiger partial charge in [0.25, 0.3) is 0 Å². The number of hydrogen-bond acceptors (Lipinski definition) is 2. The molecule has 0 saturated heterocycles. The molecule has 3 heteroatoms. The smallest absolute Gasteiger partial charge is 0.119 e. The van der Waals surface area contributed by atoms with Gasteiger partial charge in [-0.1, -0.05) is 45.8 Å². The monoisotopic (exact) mass is 347 g/mol. The number of nitrogens with one attached hydrogen (secondary N) is 1. The summed E-state index contributed by atoms with van der Waals surface area (Å²) < 4.78 is 6.91. The van der Waals surface area contributed by atoms with Crippen LogP contribution in [0, 0.1) is 6.92 Å². The van der Waals surface area contributed by atoms with Gasteiger partial charge in [0.15, 0.2) is 0 Å². The van der Waals surface area contributed by atoms with Crippen molar-refractivity contribution in [3.63, 3.8) is 0 Å². The van der Waals surface area contributed by atoms with Gasteiger partial charge in [-0.2, -0.15) is 0 Å². The summed E-state index contributed by atoms with van der Waals surface area (Å²) in [6.45, 7) is 3.83. The number of rotatable bonds is 7. The molecule has 0 radical (unpaired) electrons. The highest BCUT2D eigenvalue weighted by atomic mass is 79.9. The van der Waals surface area contributed by atoms with Gasteiger partial charge in [-0.15, -0.1) is 0 Å². The maximum atomic E-state index is 5.84. The van der Waals surface area contributed by atoms with E-state index in [2.05, 4.69) is 52.4 Å². The van der Waals surface area contributed by atoms with Crippen molar-refractivity contribution in [2.75, 3.05) is 20.2 Å². The van der Waals surface area contributed by atoms with Crippen LogP contribution in [-0.4, -0.2) is 20.2 Å². The summed E-state index contributed by atoms with van der Waals surface area (Å²) in [4.78, 5) is 0. The summed E-state index contributed by atoms with van der Waals surface area (Å²) in [6.07, 6.45) is 1.00. The van der Waals surface area contributed by atoms with Crippen molar-refractivity contribution in [3.05, 3.63) is 64.1 Å². The standard InChI is InChI=1S/C18H22BrNO/c1-14-4-3-5-15(12-14)16(13-20-2)10-11-21-18-8-6-17(19)7-9-18/h3-9,12,16,20H,10-11,13H2,1-2H3. The Morgan fingerprint density at radius 1 is 1.14 bits per heavy atom. The van der Waals surface area contributed by atoms with Crippen molar-refractivity contribution in [1.29, 1.82) is 0 Å². The molecule has 0 heterocycles. The molecule has 0 bridgehead atoms. The van der Waals surface area contributed by atoms with Crippen LogP contribution in [-0.2, 0) is 0 Å². The van der Waals surface area contributed by atoms with E-state index in [1.54, 1.807) is 0 Å². The van der Waals surface area contributed by atoms with Crippen molar-refractivity contribution < 1.29 is 4.74 Å². The summed E-state index contributed by atoms with van der Waals surface area (Å²) in [6, 6.07) is 16.7. The molecule has 112 valence electrons. The molecule has 2 aromatic rings. The lowest BCUT2D eigenvalue weighted by Crippen LogP contribution is -2.19. The van der Waals surface area contributed by atoms with E-state index in [0.717, 1.165) is 29.8 Å². The van der Waals surface area contributed by atoms with Gasteiger partial charge in [0, 0.05) is 11.0 Å². The number of aryl methyl sites for hydroxylation is 1. The molecule has 2 nitrogen and oxygen atoms in total. The molecule has 0 amide bonds. The molecule has 1 N–H and O–H groups in total. The third kappa shape index (κ3) is 5.18. The van der Waals surface area contributed by atoms with Crippen LogP contribution in [0.3, 0.4) is 0 Å². The SMILES string of the molecule is CNCC(CCOc1ccc(Br)cc1)c1cccc(C)c1. The number of hydrogen-bond donors (Lipinski definition) is 1. The van der Waals surface area contributed by atoms with Crippen LogP contribution >= 0.6 is 15.9 Å². The third-order valence-corrected chi connectivity index (χ3v) is 4.04. The molecule has 0 aliphatic carbocycles. The molecule has 1 atom stereocenters. The van der Waals surface area contributed by atoms with Crippen molar-refractivity contribution in [1.82, 2.24) is 5.32 Å². The summed E-state index contributed by atoms with van der Waals surface area (Å²) in [5, 5.41) is 3.28. The maximum absolute atomic E-state index is 5.84. The van der Waals surface area contributed by atoms with Gasteiger partial charge >= 0.3 is 0 Å². The van der Waals surface area contributed by atoms with Crippen LogP contribution in [0.4, 0.5) is 0 Å². The number of ether oxygens (including phenoxy) is 1. The predicted octanol–water partition coefficient (Wildman–Crippen LogP) is 4.53. The average Bonchev–Trinajstić information content (AvgIpc) is 2.48. The largest absolute Gasteiger partial charge is 0.494 e. The van der Waals surface area contributed by atoms with Crippen molar-refractivity contribution in [2.24, 2.45) is 0 Å². The van der Waals surface area contributed by atoms with Gasteiger partial charge in [0.1, 0.15) is 5.75 Å². The van der Waals surface area contributed by atoms with Gasteiger partial charge in [0.05, 0.1) is 6.61 Å². The van der Waals surface area contributed by atoms with E-state index in [0.29, 0.717) is 5.92 Å². The molecule has 0 aromatic heterocycles. The molecular formula is C18H22BrNO. The summed E-state index contributed by atoms with van der Waals surface area (Å²) in [5.74, 6) is 1.40. The number of halogens is 1. The van der Waals surface area contributed by atoms with E-state index < -0.39 is 0 Å². The van der Waals surface area contributed by atoms with E-state index in [1.807, 2.05) is 31.3 Å². The molecule has 1 unspecified atom stereocenters. The number of benzene rings is 2. The van der Waals surface area contributed by atoms with Crippen LogP contribution in [0.5, 0.6) is 5.75 Å². The summed E-state index contributed by atoms with van der Waals surface area (Å²) >= 11 is 3.43. The first-order chi connectivity index (χ1) is 10.2. The van der Waals surface area contributed by atoms with Gasteiger partial charge in [-0.05, 0) is 56.1 Å². The highest BCUT2D eigenvalue weighted by Crippen LogP contribution is 2.21. The topological polar surface area (TPSA) is 21.3 Å². The Hall–Kier alpha value is -1.32. The molecular weight excluding hydrogens is 326 g/mol. The third-order valence-electron chi connectivity index (χ3n) is 3.51. The Labute approximate surface area is 135 Å². The van der Waals surface area contributed by atoms with Crippen molar-refractivity contribution >= 4 is 15.9 Å². The fraction of sp³-hybridized carbons (Fsp3) is 0.333. The Kier molecular flexibility index (Phi) is 6.27. The molecule has 21 heavy (non-hydrogen) atoms. The molecule has 0 saturated carbocycles. The fourth-order valence-electron chi connectivity index (χ4n) is 2.41. The van der Waals surface area contributed by atoms with E-state index in [9.17, 15) is 0 Å². The number of likely N-dealkylation sites (N-methyl/N-ethyl adjacent to an activating group) is 1. The lowest BCUT2D eigenvalue weighted by molar-refractivity contribution is 0.296. The minimum atomic E-state index is 0.477. The molecule has 0 fully saturated rings. The lowest BCUT2D eigenvalue weighted by atomic mass is 9.95. The van der Waals surface area contributed by atoms with E-state index in [1.165, 1.54) is 11.1 Å². The average molecular weight is 348 g/mol.